The van der Waals surface area contributed by atoms with E-state index in [-0.39, 0.29) is 24.8 Å². The minimum atomic E-state index is 0. The zero-order chi connectivity index (χ0) is 19.5. The molecule has 4 aromatic rings. The third-order valence-electron chi connectivity index (χ3n) is 5.69. The summed E-state index contributed by atoms with van der Waals surface area (Å²) in [4.78, 5) is 9.41. The first-order valence-electron chi connectivity index (χ1n) is 10.2. The number of aromatic nitrogens is 5. The minimum absolute atomic E-state index is 0. The van der Waals surface area contributed by atoms with Crippen molar-refractivity contribution in [3.63, 3.8) is 0 Å². The highest BCUT2D eigenvalue weighted by Gasteiger charge is 2.17. The van der Waals surface area contributed by atoms with Crippen molar-refractivity contribution in [2.24, 2.45) is 0 Å². The van der Waals surface area contributed by atoms with Crippen LogP contribution in [-0.2, 0) is 6.54 Å². The molecule has 1 aromatic carbocycles. The molecule has 7 nitrogen and oxygen atoms in total. The SMILES string of the molecule is Cl.Cl.c1ccc(N2CCN(CCCn3ccc4ccc(-n5cnnc5)cc43)CC2)nc1. The molecule has 0 aliphatic carbocycles. The van der Waals surface area contributed by atoms with E-state index in [0.29, 0.717) is 0 Å². The van der Waals surface area contributed by atoms with E-state index in [2.05, 4.69) is 72.1 Å². The standard InChI is InChI=1S/C22H25N7.2ClH/c1-2-8-23-22(4-1)28-14-12-26(13-15-28)9-3-10-27-11-7-19-5-6-20(16-21(19)27)29-17-24-25-18-29;;/h1-2,4-8,11,16-18H,3,9-10,12-15H2;2*1H. The Bertz CT molecular complexity index is 1060. The molecule has 0 bridgehead atoms. The maximum absolute atomic E-state index is 4.47. The van der Waals surface area contributed by atoms with Gasteiger partial charge in [0.1, 0.15) is 18.5 Å². The molecule has 0 amide bonds. The van der Waals surface area contributed by atoms with Gasteiger partial charge in [0.05, 0.1) is 11.2 Å². The van der Waals surface area contributed by atoms with E-state index in [9.17, 15) is 0 Å². The summed E-state index contributed by atoms with van der Waals surface area (Å²) in [7, 11) is 0. The van der Waals surface area contributed by atoms with Crippen LogP contribution >= 0.6 is 24.8 Å². The first-order valence-corrected chi connectivity index (χ1v) is 10.2. The summed E-state index contributed by atoms with van der Waals surface area (Å²) in [5, 5.41) is 9.09. The molecule has 0 N–H and O–H groups in total. The molecule has 1 aliphatic heterocycles. The van der Waals surface area contributed by atoms with Gasteiger partial charge in [0, 0.05) is 45.1 Å². The maximum atomic E-state index is 4.47. The molecule has 164 valence electrons. The predicted octanol–water partition coefficient (Wildman–Crippen LogP) is 3.67. The van der Waals surface area contributed by atoms with Crippen molar-refractivity contribution in [2.75, 3.05) is 37.6 Å². The average Bonchev–Trinajstić information content (AvgIpc) is 3.45. The van der Waals surface area contributed by atoms with E-state index in [1.807, 2.05) is 16.8 Å². The molecule has 0 atom stereocenters. The van der Waals surface area contributed by atoms with Crippen LogP contribution in [0.5, 0.6) is 0 Å². The lowest BCUT2D eigenvalue weighted by Gasteiger charge is -2.35. The number of fused-ring (bicyclic) bond motifs is 1. The lowest BCUT2D eigenvalue weighted by Crippen LogP contribution is -2.47. The molecule has 9 heteroatoms. The van der Waals surface area contributed by atoms with Crippen molar-refractivity contribution in [2.45, 2.75) is 13.0 Å². The number of piperazine rings is 1. The van der Waals surface area contributed by atoms with E-state index >= 15 is 0 Å². The van der Waals surface area contributed by atoms with Gasteiger partial charge in [0.15, 0.2) is 0 Å². The summed E-state index contributed by atoms with van der Waals surface area (Å²) in [6.07, 6.45) is 8.68. The Hall–Kier alpha value is -2.61. The van der Waals surface area contributed by atoms with Crippen LogP contribution in [0.25, 0.3) is 16.6 Å². The lowest BCUT2D eigenvalue weighted by molar-refractivity contribution is 0.250. The molecule has 3 aromatic heterocycles. The second kappa shape index (κ2) is 10.6. The van der Waals surface area contributed by atoms with Gasteiger partial charge in [-0.25, -0.2) is 4.98 Å². The maximum Gasteiger partial charge on any atom is 0.128 e. The van der Waals surface area contributed by atoms with E-state index in [4.69, 9.17) is 0 Å². The minimum Gasteiger partial charge on any atom is -0.354 e. The highest BCUT2D eigenvalue weighted by molar-refractivity contribution is 5.85. The van der Waals surface area contributed by atoms with Gasteiger partial charge in [0.25, 0.3) is 0 Å². The van der Waals surface area contributed by atoms with Gasteiger partial charge in [-0.3, -0.25) is 9.47 Å². The number of halogens is 2. The van der Waals surface area contributed by atoms with Crippen LogP contribution in [0, 0.1) is 0 Å². The van der Waals surface area contributed by atoms with Crippen molar-refractivity contribution in [1.82, 2.24) is 29.2 Å². The zero-order valence-electron chi connectivity index (χ0n) is 17.2. The third kappa shape index (κ3) is 5.18. The van der Waals surface area contributed by atoms with Crippen LogP contribution in [0.1, 0.15) is 6.42 Å². The summed E-state index contributed by atoms with van der Waals surface area (Å²) in [6.45, 7) is 6.44. The van der Waals surface area contributed by atoms with Gasteiger partial charge in [-0.1, -0.05) is 12.1 Å². The molecule has 31 heavy (non-hydrogen) atoms. The Balaban J connectivity index is 0.00000136. The second-order valence-corrected chi connectivity index (χ2v) is 7.49. The number of anilines is 1. The first kappa shape index (κ1) is 23.1. The molecule has 4 heterocycles. The Kier molecular flexibility index (Phi) is 7.90. The van der Waals surface area contributed by atoms with Gasteiger partial charge in [-0.05, 0) is 48.7 Å². The van der Waals surface area contributed by atoms with Crippen molar-refractivity contribution in [3.05, 3.63) is 67.5 Å². The van der Waals surface area contributed by atoms with Gasteiger partial charge in [-0.2, -0.15) is 0 Å². The van der Waals surface area contributed by atoms with Gasteiger partial charge < -0.3 is 9.47 Å². The fraction of sp³-hybridized carbons (Fsp3) is 0.318. The van der Waals surface area contributed by atoms with Crippen molar-refractivity contribution in [1.29, 1.82) is 0 Å². The number of nitrogens with zero attached hydrogens (tertiary/aromatic N) is 7. The first-order chi connectivity index (χ1) is 14.4. The van der Waals surface area contributed by atoms with E-state index < -0.39 is 0 Å². The van der Waals surface area contributed by atoms with Crippen LogP contribution in [0.2, 0.25) is 0 Å². The number of benzene rings is 1. The Morgan fingerprint density at radius 3 is 2.39 bits per heavy atom. The molecule has 0 saturated carbocycles. The quantitative estimate of drug-likeness (QED) is 0.440. The van der Waals surface area contributed by atoms with E-state index in [0.717, 1.165) is 57.2 Å². The molecule has 1 aliphatic rings. The molecule has 0 unspecified atom stereocenters. The average molecular weight is 460 g/mol. The van der Waals surface area contributed by atoms with Crippen molar-refractivity contribution in [3.8, 4) is 5.69 Å². The van der Waals surface area contributed by atoms with Crippen LogP contribution in [0.15, 0.2) is 67.5 Å². The molecular formula is C22H27Cl2N7. The van der Waals surface area contributed by atoms with Crippen LogP contribution < -0.4 is 4.90 Å². The summed E-state index contributed by atoms with van der Waals surface area (Å²) in [5.74, 6) is 1.09. The van der Waals surface area contributed by atoms with Gasteiger partial charge in [0.2, 0.25) is 0 Å². The number of rotatable bonds is 6. The van der Waals surface area contributed by atoms with Crippen molar-refractivity contribution >= 4 is 41.5 Å². The predicted molar refractivity (Wildman–Crippen MR) is 129 cm³/mol. The highest BCUT2D eigenvalue weighted by Crippen LogP contribution is 2.20. The summed E-state index contributed by atoms with van der Waals surface area (Å²) in [6, 6.07) is 14.8. The highest BCUT2D eigenvalue weighted by atomic mass is 35.5. The van der Waals surface area contributed by atoms with Gasteiger partial charge in [-0.15, -0.1) is 35.0 Å². The fourth-order valence-electron chi connectivity index (χ4n) is 4.07. The number of aryl methyl sites for hydroxylation is 1. The zero-order valence-corrected chi connectivity index (χ0v) is 18.9. The molecule has 5 rings (SSSR count). The molecule has 0 radical (unpaired) electrons. The summed E-state index contributed by atoms with van der Waals surface area (Å²) < 4.78 is 4.30. The van der Waals surface area contributed by atoms with Crippen LogP contribution in [0.3, 0.4) is 0 Å². The number of hydrogen-bond acceptors (Lipinski definition) is 5. The Labute approximate surface area is 194 Å². The fourth-order valence-corrected chi connectivity index (χ4v) is 4.07. The lowest BCUT2D eigenvalue weighted by atomic mass is 10.2. The van der Waals surface area contributed by atoms with Crippen molar-refractivity contribution < 1.29 is 0 Å². The van der Waals surface area contributed by atoms with Gasteiger partial charge >= 0.3 is 0 Å². The number of hydrogen-bond donors (Lipinski definition) is 0. The Morgan fingerprint density at radius 1 is 0.839 bits per heavy atom. The summed E-state index contributed by atoms with van der Waals surface area (Å²) >= 11 is 0. The molecule has 1 saturated heterocycles. The topological polar surface area (TPSA) is 55.0 Å². The van der Waals surface area contributed by atoms with E-state index in [1.54, 1.807) is 12.7 Å². The Morgan fingerprint density at radius 2 is 1.65 bits per heavy atom. The molecule has 1 fully saturated rings. The third-order valence-corrected chi connectivity index (χ3v) is 5.69. The monoisotopic (exact) mass is 459 g/mol. The summed E-state index contributed by atoms with van der Waals surface area (Å²) in [5.41, 5.74) is 2.35. The molecule has 0 spiro atoms. The van der Waals surface area contributed by atoms with Crippen LogP contribution in [0.4, 0.5) is 5.82 Å². The normalized spacial score (nSPS) is 14.3. The molecular weight excluding hydrogens is 433 g/mol. The smallest absolute Gasteiger partial charge is 0.128 e. The number of pyridine rings is 1. The second-order valence-electron chi connectivity index (χ2n) is 7.49. The van der Waals surface area contributed by atoms with Crippen LogP contribution in [-0.4, -0.2) is 61.9 Å². The largest absolute Gasteiger partial charge is 0.354 e. The van der Waals surface area contributed by atoms with E-state index in [1.165, 1.54) is 10.9 Å².